The minimum Gasteiger partial charge on any atom is -0.281 e. The molecule has 2 aromatic heterocycles. The predicted octanol–water partition coefficient (Wildman–Crippen LogP) is 9.65. The van der Waals surface area contributed by atoms with E-state index in [9.17, 15) is 0 Å². The summed E-state index contributed by atoms with van der Waals surface area (Å²) in [4.78, 5) is 10.7. The molecular formula is C44H29N3. The maximum Gasteiger partial charge on any atom is 0.234 e. The zero-order chi connectivity index (χ0) is 30.2. The van der Waals surface area contributed by atoms with Crippen molar-refractivity contribution in [1.29, 1.82) is 0 Å². The maximum atomic E-state index is 5.54. The van der Waals surface area contributed by atoms with Gasteiger partial charge in [0, 0.05) is 51.6 Å². The maximum absolute atomic E-state index is 5.54. The van der Waals surface area contributed by atoms with Crippen LogP contribution >= 0.6 is 0 Å². The molecule has 5 atom stereocenters. The van der Waals surface area contributed by atoms with Crippen molar-refractivity contribution in [1.82, 2.24) is 14.5 Å². The van der Waals surface area contributed by atoms with Gasteiger partial charge in [0.05, 0.1) is 11.2 Å². The van der Waals surface area contributed by atoms with E-state index < -0.39 is 0 Å². The normalized spacial score (nSPS) is 28.7. The van der Waals surface area contributed by atoms with Gasteiger partial charge < -0.3 is 0 Å². The van der Waals surface area contributed by atoms with E-state index in [-0.39, 0.29) is 17.3 Å². The van der Waals surface area contributed by atoms with Gasteiger partial charge >= 0.3 is 0 Å². The molecule has 3 heteroatoms. The number of benzene rings is 3. The molecule has 1 spiro atoms. The highest BCUT2D eigenvalue weighted by atomic mass is 15.2. The first-order valence-electron chi connectivity index (χ1n) is 17.3. The predicted molar refractivity (Wildman–Crippen MR) is 188 cm³/mol. The van der Waals surface area contributed by atoms with Gasteiger partial charge in [-0.15, -0.1) is 0 Å². The van der Waals surface area contributed by atoms with E-state index in [4.69, 9.17) is 9.97 Å². The third kappa shape index (κ3) is 2.65. The Morgan fingerprint density at radius 3 is 2.66 bits per heavy atom. The number of hydrogen-bond donors (Lipinski definition) is 0. The molecule has 0 saturated heterocycles. The number of fused-ring (bicyclic) bond motifs is 14. The summed E-state index contributed by atoms with van der Waals surface area (Å²) in [7, 11) is 0. The van der Waals surface area contributed by atoms with Crippen LogP contribution in [0.3, 0.4) is 0 Å². The van der Waals surface area contributed by atoms with Gasteiger partial charge in [0.1, 0.15) is 0 Å². The average molecular weight is 600 g/mol. The fraction of sp³-hybridized carbons (Fsp3) is 0.182. The van der Waals surface area contributed by atoms with E-state index in [1.165, 1.54) is 72.9 Å². The molecule has 2 saturated carbocycles. The zero-order valence-corrected chi connectivity index (χ0v) is 25.7. The molecule has 0 radical (unpaired) electrons. The Balaban J connectivity index is 1.17. The lowest BCUT2D eigenvalue weighted by molar-refractivity contribution is 0.594. The molecule has 0 aliphatic heterocycles. The van der Waals surface area contributed by atoms with Crippen molar-refractivity contribution in [3.8, 4) is 5.95 Å². The van der Waals surface area contributed by atoms with Crippen LogP contribution in [0, 0.1) is 11.8 Å². The van der Waals surface area contributed by atoms with Crippen LogP contribution in [-0.2, 0) is 5.41 Å². The van der Waals surface area contributed by atoms with Crippen LogP contribution in [0.2, 0.25) is 0 Å². The van der Waals surface area contributed by atoms with Crippen molar-refractivity contribution in [2.75, 3.05) is 0 Å². The Hall–Kier alpha value is -5.28. The molecule has 2 fully saturated rings. The number of rotatable bonds is 1. The van der Waals surface area contributed by atoms with Crippen LogP contribution in [0.4, 0.5) is 0 Å². The van der Waals surface area contributed by atoms with Gasteiger partial charge in [-0.1, -0.05) is 108 Å². The summed E-state index contributed by atoms with van der Waals surface area (Å²) >= 11 is 0. The second-order valence-corrected chi connectivity index (χ2v) is 14.7. The Morgan fingerprint density at radius 2 is 1.74 bits per heavy atom. The monoisotopic (exact) mass is 599 g/mol. The van der Waals surface area contributed by atoms with Crippen LogP contribution in [0.15, 0.2) is 126 Å². The fourth-order valence-electron chi connectivity index (χ4n) is 10.7. The Labute approximate surface area is 272 Å². The van der Waals surface area contributed by atoms with Gasteiger partial charge in [0.2, 0.25) is 5.95 Å². The molecule has 5 aromatic rings. The highest BCUT2D eigenvalue weighted by molar-refractivity contribution is 6.10. The number of aromatic nitrogens is 3. The van der Waals surface area contributed by atoms with E-state index in [1.807, 2.05) is 0 Å². The second-order valence-electron chi connectivity index (χ2n) is 14.7. The number of hydrogen-bond acceptors (Lipinski definition) is 2. The summed E-state index contributed by atoms with van der Waals surface area (Å²) in [5, 5.41) is 3.85. The first kappa shape index (κ1) is 24.0. The van der Waals surface area contributed by atoms with E-state index in [1.54, 1.807) is 22.3 Å². The lowest BCUT2D eigenvalue weighted by atomic mass is 9.68. The van der Waals surface area contributed by atoms with Crippen molar-refractivity contribution in [3.63, 3.8) is 0 Å². The summed E-state index contributed by atoms with van der Waals surface area (Å²) in [5.74, 6) is 2.36. The smallest absolute Gasteiger partial charge is 0.234 e. The van der Waals surface area contributed by atoms with E-state index in [0.717, 1.165) is 18.8 Å². The number of nitrogens with zero attached hydrogens (tertiary/aromatic N) is 3. The van der Waals surface area contributed by atoms with Crippen molar-refractivity contribution in [3.05, 3.63) is 165 Å². The Kier molecular flexibility index (Phi) is 3.98. The van der Waals surface area contributed by atoms with Gasteiger partial charge in [0.25, 0.3) is 0 Å². The molecule has 8 aliphatic carbocycles. The van der Waals surface area contributed by atoms with Gasteiger partial charge in [-0.05, 0) is 81.5 Å². The van der Waals surface area contributed by atoms with Gasteiger partial charge in [-0.3, -0.25) is 4.57 Å². The quantitative estimate of drug-likeness (QED) is 0.192. The third-order valence-corrected chi connectivity index (χ3v) is 12.8. The Bertz CT molecular complexity index is 2630. The minimum atomic E-state index is 0.156. The highest BCUT2D eigenvalue weighted by Gasteiger charge is 2.77. The first-order valence-corrected chi connectivity index (χ1v) is 17.3. The molecule has 0 bridgehead atoms. The topological polar surface area (TPSA) is 30.7 Å². The molecule has 2 heterocycles. The lowest BCUT2D eigenvalue weighted by Crippen LogP contribution is -2.24. The van der Waals surface area contributed by atoms with E-state index in [0.29, 0.717) is 11.8 Å². The minimum absolute atomic E-state index is 0.156. The van der Waals surface area contributed by atoms with Crippen molar-refractivity contribution < 1.29 is 0 Å². The molecule has 3 nitrogen and oxygen atoms in total. The molecule has 220 valence electrons. The zero-order valence-electron chi connectivity index (χ0n) is 25.7. The summed E-state index contributed by atoms with van der Waals surface area (Å²) in [6.07, 6.45) is 26.6. The third-order valence-electron chi connectivity index (χ3n) is 12.8. The average Bonchev–Trinajstić information content (AvgIpc) is 3.87. The molecule has 13 rings (SSSR count). The summed E-state index contributed by atoms with van der Waals surface area (Å²) in [6, 6.07) is 20.8. The summed E-state index contributed by atoms with van der Waals surface area (Å²) in [6.45, 7) is 0. The molecule has 0 N–H and O–H groups in total. The van der Waals surface area contributed by atoms with Gasteiger partial charge in [0.15, 0.2) is 0 Å². The van der Waals surface area contributed by atoms with Crippen molar-refractivity contribution in [2.45, 2.75) is 36.5 Å². The van der Waals surface area contributed by atoms with E-state index >= 15 is 0 Å². The summed E-state index contributed by atoms with van der Waals surface area (Å²) < 4.78 is 2.47. The molecule has 3 aromatic carbocycles. The standard InChI is InChI=1S/C44H29N3/c1-2-10-24-20-35-32(19-23(24)9-1)40-39-31-17-8-16-27-26-12-3-4-13-28(26)37(36(27)31)38(39)29-14-5-6-15-30(29)41(40)47(35)43-45-22-25-11-7-18-33-34-21-44(33,34)42(25)46-43/h1-3,5-12,14-20,22,29-30,34,37H,4,13,21H2/t29?,30?,34?,37-,44?/m0/s1. The highest BCUT2D eigenvalue weighted by Crippen LogP contribution is 2.80. The molecule has 0 amide bonds. The SMILES string of the molecule is C1=Cc2cnc(-n3c4c(c5cc6ccccc6cc53)C3=C(C5C=CC=CC45)[C@H]4C5=C(C=CCC5)c5cccc3c54)nc2C23CC2C3=C1. The number of allylic oxidation sites excluding steroid dienone is 12. The van der Waals surface area contributed by atoms with Crippen molar-refractivity contribution in [2.24, 2.45) is 11.8 Å². The molecule has 47 heavy (non-hydrogen) atoms. The van der Waals surface area contributed by atoms with Crippen LogP contribution in [0.5, 0.6) is 0 Å². The van der Waals surface area contributed by atoms with Crippen molar-refractivity contribution >= 4 is 38.9 Å². The largest absolute Gasteiger partial charge is 0.281 e. The second kappa shape index (κ2) is 7.81. The van der Waals surface area contributed by atoms with E-state index in [2.05, 4.69) is 120 Å². The van der Waals surface area contributed by atoms with Crippen LogP contribution in [0.25, 0.3) is 44.8 Å². The molecule has 4 unspecified atom stereocenters. The fourth-order valence-corrected chi connectivity index (χ4v) is 10.7. The van der Waals surface area contributed by atoms with Crippen LogP contribution in [-0.4, -0.2) is 14.5 Å². The molecule has 8 aliphatic rings. The van der Waals surface area contributed by atoms with Gasteiger partial charge in [-0.25, -0.2) is 9.97 Å². The molecular weight excluding hydrogens is 571 g/mol. The summed E-state index contributed by atoms with van der Waals surface area (Å²) in [5.41, 5.74) is 18.7. The first-order chi connectivity index (χ1) is 23.3. The Morgan fingerprint density at radius 1 is 0.872 bits per heavy atom. The lowest BCUT2D eigenvalue weighted by Gasteiger charge is -2.36. The van der Waals surface area contributed by atoms with Gasteiger partial charge in [-0.2, -0.15) is 0 Å². The van der Waals surface area contributed by atoms with Crippen LogP contribution < -0.4 is 0 Å². The van der Waals surface area contributed by atoms with Crippen LogP contribution in [0.1, 0.15) is 70.3 Å².